The smallest absolute Gasteiger partial charge is 0.342 e. The van der Waals surface area contributed by atoms with Crippen molar-refractivity contribution in [1.82, 2.24) is 4.98 Å². The highest BCUT2D eigenvalue weighted by atomic mass is 32.1. The largest absolute Gasteiger partial charge is 0.469 e. The van der Waals surface area contributed by atoms with Crippen LogP contribution in [0, 0.1) is 6.92 Å². The third-order valence-electron chi connectivity index (χ3n) is 2.74. The van der Waals surface area contributed by atoms with Gasteiger partial charge in [0, 0.05) is 0 Å². The topological polar surface area (TPSA) is 52.3 Å². The zero-order chi connectivity index (χ0) is 13.2. The molecule has 0 bridgehead atoms. The summed E-state index contributed by atoms with van der Waals surface area (Å²) in [5, 5.41) is 0.788. The van der Waals surface area contributed by atoms with Crippen LogP contribution < -0.4 is 0 Å². The molecular weight excluding hydrogens is 262 g/mol. The Morgan fingerprint density at radius 2 is 2.21 bits per heavy atom. The second kappa shape index (κ2) is 4.85. The number of furan rings is 1. The molecular formula is C14H11NO3S. The van der Waals surface area contributed by atoms with E-state index in [-0.39, 0.29) is 12.6 Å². The average molecular weight is 273 g/mol. The van der Waals surface area contributed by atoms with Gasteiger partial charge in [-0.2, -0.15) is 0 Å². The van der Waals surface area contributed by atoms with Crippen LogP contribution in [0.5, 0.6) is 0 Å². The number of hydrogen-bond donors (Lipinski definition) is 0. The number of aryl methyl sites for hydroxylation is 1. The summed E-state index contributed by atoms with van der Waals surface area (Å²) in [5.74, 6) is 0.180. The monoisotopic (exact) mass is 273 g/mol. The fourth-order valence-electron chi connectivity index (χ4n) is 1.78. The second-order valence-corrected chi connectivity index (χ2v) is 5.16. The first kappa shape index (κ1) is 11.9. The first-order chi connectivity index (χ1) is 9.24. The van der Waals surface area contributed by atoms with Crippen molar-refractivity contribution in [3.05, 3.63) is 52.9 Å². The Bertz CT molecular complexity index is 696. The molecule has 0 spiro atoms. The van der Waals surface area contributed by atoms with Crippen molar-refractivity contribution in [3.8, 4) is 0 Å². The van der Waals surface area contributed by atoms with E-state index in [0.29, 0.717) is 11.3 Å². The van der Waals surface area contributed by atoms with Gasteiger partial charge in [-0.05, 0) is 25.1 Å². The quantitative estimate of drug-likeness (QED) is 0.685. The van der Waals surface area contributed by atoms with Crippen molar-refractivity contribution in [2.24, 2.45) is 0 Å². The number of aromatic nitrogens is 1. The van der Waals surface area contributed by atoms with Gasteiger partial charge in [-0.25, -0.2) is 9.78 Å². The number of esters is 1. The zero-order valence-corrected chi connectivity index (χ0v) is 11.1. The van der Waals surface area contributed by atoms with Crippen molar-refractivity contribution in [3.63, 3.8) is 0 Å². The molecule has 0 N–H and O–H groups in total. The third kappa shape index (κ3) is 2.37. The maximum Gasteiger partial charge on any atom is 0.342 e. The van der Waals surface area contributed by atoms with E-state index in [1.54, 1.807) is 13.0 Å². The molecule has 0 fully saturated rings. The summed E-state index contributed by atoms with van der Waals surface area (Å²) in [7, 11) is 0. The first-order valence-corrected chi connectivity index (χ1v) is 6.61. The molecule has 0 aliphatic carbocycles. The van der Waals surface area contributed by atoms with E-state index < -0.39 is 0 Å². The molecule has 0 unspecified atom stereocenters. The summed E-state index contributed by atoms with van der Waals surface area (Å²) in [5.41, 5.74) is 1.39. The van der Waals surface area contributed by atoms with Gasteiger partial charge in [0.25, 0.3) is 0 Å². The number of carbonyl (C=O) groups excluding carboxylic acids is 1. The van der Waals surface area contributed by atoms with Crippen molar-refractivity contribution >= 4 is 27.5 Å². The Morgan fingerprint density at radius 1 is 1.37 bits per heavy atom. The van der Waals surface area contributed by atoms with E-state index in [9.17, 15) is 4.79 Å². The number of thiazole rings is 1. The molecule has 5 heteroatoms. The van der Waals surface area contributed by atoms with E-state index >= 15 is 0 Å². The zero-order valence-electron chi connectivity index (χ0n) is 10.3. The molecule has 0 radical (unpaired) electrons. The lowest BCUT2D eigenvalue weighted by Crippen LogP contribution is -2.05. The lowest BCUT2D eigenvalue weighted by atomic mass is 10.3. The summed E-state index contributed by atoms with van der Waals surface area (Å²) in [6.07, 6.45) is 1.48. The van der Waals surface area contributed by atoms with Crippen LogP contribution in [0.15, 0.2) is 41.0 Å². The minimum Gasteiger partial charge on any atom is -0.469 e. The predicted molar refractivity (Wildman–Crippen MR) is 72.2 cm³/mol. The Hall–Kier alpha value is -2.14. The molecule has 0 aliphatic heterocycles. The first-order valence-electron chi connectivity index (χ1n) is 5.80. The fraction of sp³-hybridized carbons (Fsp3) is 0.143. The van der Waals surface area contributed by atoms with Crippen molar-refractivity contribution < 1.29 is 13.9 Å². The minimum absolute atomic E-state index is 0.183. The SMILES string of the molecule is Cc1occc1C(=O)OCc1nc2ccccc2s1. The molecule has 19 heavy (non-hydrogen) atoms. The van der Waals surface area contributed by atoms with Crippen molar-refractivity contribution in [1.29, 1.82) is 0 Å². The van der Waals surface area contributed by atoms with Gasteiger partial charge in [0.15, 0.2) is 0 Å². The lowest BCUT2D eigenvalue weighted by molar-refractivity contribution is 0.0470. The normalized spacial score (nSPS) is 10.8. The minimum atomic E-state index is -0.384. The molecule has 2 aromatic heterocycles. The number of para-hydroxylation sites is 1. The highest BCUT2D eigenvalue weighted by molar-refractivity contribution is 7.18. The van der Waals surface area contributed by atoms with E-state index in [1.165, 1.54) is 17.6 Å². The number of ether oxygens (including phenoxy) is 1. The van der Waals surface area contributed by atoms with E-state index in [4.69, 9.17) is 9.15 Å². The number of rotatable bonds is 3. The van der Waals surface area contributed by atoms with E-state index in [1.807, 2.05) is 24.3 Å². The summed E-state index contributed by atoms with van der Waals surface area (Å²) in [6, 6.07) is 9.45. The van der Waals surface area contributed by atoms with Gasteiger partial charge in [0.05, 0.1) is 16.5 Å². The summed E-state index contributed by atoms with van der Waals surface area (Å²) in [6.45, 7) is 1.91. The van der Waals surface area contributed by atoms with Crippen LogP contribution in [-0.4, -0.2) is 11.0 Å². The summed E-state index contributed by atoms with van der Waals surface area (Å²) in [4.78, 5) is 16.2. The molecule has 0 atom stereocenters. The third-order valence-corrected chi connectivity index (χ3v) is 3.75. The van der Waals surface area contributed by atoms with E-state index in [2.05, 4.69) is 4.98 Å². The van der Waals surface area contributed by atoms with Crippen LogP contribution in [-0.2, 0) is 11.3 Å². The fourth-order valence-corrected chi connectivity index (χ4v) is 2.66. The van der Waals surface area contributed by atoms with Crippen molar-refractivity contribution in [2.75, 3.05) is 0 Å². The van der Waals surface area contributed by atoms with Gasteiger partial charge in [-0.1, -0.05) is 12.1 Å². The number of nitrogens with zero attached hydrogens (tertiary/aromatic N) is 1. The molecule has 0 amide bonds. The molecule has 1 aromatic carbocycles. The standard InChI is InChI=1S/C14H11NO3S/c1-9-10(6-7-17-9)14(16)18-8-13-15-11-4-2-3-5-12(11)19-13/h2-7H,8H2,1H3. The predicted octanol–water partition coefficient (Wildman–Crippen LogP) is 3.55. The van der Waals surface area contributed by atoms with Crippen LogP contribution in [0.3, 0.4) is 0 Å². The maximum absolute atomic E-state index is 11.8. The van der Waals surface area contributed by atoms with Crippen LogP contribution >= 0.6 is 11.3 Å². The number of carbonyl (C=O) groups is 1. The molecule has 0 saturated carbocycles. The van der Waals surface area contributed by atoms with Gasteiger partial charge in [0.1, 0.15) is 22.9 Å². The highest BCUT2D eigenvalue weighted by Crippen LogP contribution is 2.22. The van der Waals surface area contributed by atoms with Crippen LogP contribution in [0.1, 0.15) is 21.1 Å². The van der Waals surface area contributed by atoms with Gasteiger partial charge >= 0.3 is 5.97 Å². The highest BCUT2D eigenvalue weighted by Gasteiger charge is 2.14. The number of benzene rings is 1. The average Bonchev–Trinajstić information content (AvgIpc) is 3.01. The molecule has 4 nitrogen and oxygen atoms in total. The molecule has 3 rings (SSSR count). The number of hydrogen-bond acceptors (Lipinski definition) is 5. The van der Waals surface area contributed by atoms with Crippen LogP contribution in [0.4, 0.5) is 0 Å². The Morgan fingerprint density at radius 3 is 2.95 bits per heavy atom. The van der Waals surface area contributed by atoms with Crippen LogP contribution in [0.25, 0.3) is 10.2 Å². The van der Waals surface area contributed by atoms with E-state index in [0.717, 1.165) is 15.2 Å². The summed E-state index contributed by atoms with van der Waals surface area (Å²) < 4.78 is 11.4. The van der Waals surface area contributed by atoms with Gasteiger partial charge in [-0.3, -0.25) is 0 Å². The van der Waals surface area contributed by atoms with Crippen LogP contribution in [0.2, 0.25) is 0 Å². The maximum atomic E-state index is 11.8. The Balaban J connectivity index is 1.72. The summed E-state index contributed by atoms with van der Waals surface area (Å²) >= 11 is 1.53. The van der Waals surface area contributed by atoms with Gasteiger partial charge < -0.3 is 9.15 Å². The Labute approximate surface area is 113 Å². The lowest BCUT2D eigenvalue weighted by Gasteiger charge is -2.00. The molecule has 0 saturated heterocycles. The molecule has 0 aliphatic rings. The molecule has 2 heterocycles. The Kier molecular flexibility index (Phi) is 3.05. The van der Waals surface area contributed by atoms with Gasteiger partial charge in [-0.15, -0.1) is 11.3 Å². The van der Waals surface area contributed by atoms with Gasteiger partial charge in [0.2, 0.25) is 0 Å². The number of fused-ring (bicyclic) bond motifs is 1. The second-order valence-electron chi connectivity index (χ2n) is 4.04. The molecule has 3 aromatic rings. The molecule has 96 valence electrons. The van der Waals surface area contributed by atoms with Crippen molar-refractivity contribution in [2.45, 2.75) is 13.5 Å².